The number of isocyanates is 1. The maximum Gasteiger partial charge on any atom is 0.336 e. The van der Waals surface area contributed by atoms with E-state index in [1.807, 2.05) is 0 Å². The van der Waals surface area contributed by atoms with Gasteiger partial charge in [0.1, 0.15) is 5.82 Å². The Morgan fingerprint density at radius 1 is 1.42 bits per heavy atom. The van der Waals surface area contributed by atoms with Crippen LogP contribution in [0.1, 0.15) is 47.2 Å². The van der Waals surface area contributed by atoms with Crippen LogP contribution in [0, 0.1) is 12.7 Å². The molecular weight excluding hydrogens is 249 g/mol. The Labute approximate surface area is 110 Å². The lowest BCUT2D eigenvalue weighted by atomic mass is 9.86. The molecule has 0 bridgehead atoms. The van der Waals surface area contributed by atoms with Crippen molar-refractivity contribution in [3.63, 3.8) is 0 Å². The van der Waals surface area contributed by atoms with Gasteiger partial charge in [-0.05, 0) is 43.0 Å². The molecule has 2 rings (SSSR count). The molecule has 0 spiro atoms. The zero-order valence-corrected chi connectivity index (χ0v) is 10.6. The highest BCUT2D eigenvalue weighted by molar-refractivity contribution is 5.89. The lowest BCUT2D eigenvalue weighted by Gasteiger charge is -2.23. The number of carboxylic acid groups (broad SMARTS) is 1. The number of hydrogen-bond acceptors (Lipinski definition) is 3. The molecule has 0 radical (unpaired) electrons. The number of carbonyl (C=O) groups is 1. The normalized spacial score (nSPS) is 16.9. The van der Waals surface area contributed by atoms with Gasteiger partial charge in [-0.2, -0.15) is 4.99 Å². The first-order chi connectivity index (χ1) is 9.00. The summed E-state index contributed by atoms with van der Waals surface area (Å²) < 4.78 is 13.9. The van der Waals surface area contributed by atoms with Crippen LogP contribution in [0.25, 0.3) is 0 Å². The van der Waals surface area contributed by atoms with Crippen LogP contribution in [0.2, 0.25) is 0 Å². The molecule has 1 aromatic carbocycles. The number of nitrogens with zero attached hydrogens (tertiary/aromatic N) is 1. The zero-order chi connectivity index (χ0) is 14.0. The highest BCUT2D eigenvalue weighted by Gasteiger charge is 2.36. The molecule has 0 unspecified atom stereocenters. The van der Waals surface area contributed by atoms with E-state index in [4.69, 9.17) is 5.11 Å². The van der Waals surface area contributed by atoms with Crippen molar-refractivity contribution in [1.29, 1.82) is 0 Å². The van der Waals surface area contributed by atoms with Gasteiger partial charge in [-0.15, -0.1) is 0 Å². The number of hydrogen-bond donors (Lipinski definition) is 1. The first kappa shape index (κ1) is 13.4. The summed E-state index contributed by atoms with van der Waals surface area (Å²) in [6.07, 6.45) is 4.52. The summed E-state index contributed by atoms with van der Waals surface area (Å²) in [5.41, 5.74) is -0.337. The van der Waals surface area contributed by atoms with Crippen LogP contribution in [0.3, 0.4) is 0 Å². The minimum Gasteiger partial charge on any atom is -0.478 e. The van der Waals surface area contributed by atoms with Gasteiger partial charge in [-0.1, -0.05) is 12.8 Å². The predicted molar refractivity (Wildman–Crippen MR) is 66.4 cm³/mol. The lowest BCUT2D eigenvalue weighted by Crippen LogP contribution is -2.20. The summed E-state index contributed by atoms with van der Waals surface area (Å²) >= 11 is 0. The average Bonchev–Trinajstić information content (AvgIpc) is 2.82. The summed E-state index contributed by atoms with van der Waals surface area (Å²) in [6, 6.07) is 2.71. The van der Waals surface area contributed by atoms with Crippen LogP contribution in [0.15, 0.2) is 17.1 Å². The summed E-state index contributed by atoms with van der Waals surface area (Å²) in [6.45, 7) is 1.42. The fourth-order valence-electron chi connectivity index (χ4n) is 2.68. The molecule has 0 atom stereocenters. The van der Waals surface area contributed by atoms with Gasteiger partial charge < -0.3 is 5.11 Å². The van der Waals surface area contributed by atoms with E-state index in [9.17, 15) is 14.0 Å². The van der Waals surface area contributed by atoms with Crippen molar-refractivity contribution in [1.82, 2.24) is 0 Å². The molecule has 0 heterocycles. The molecule has 1 saturated carbocycles. The number of carboxylic acids is 1. The quantitative estimate of drug-likeness (QED) is 0.673. The number of halogens is 1. The van der Waals surface area contributed by atoms with Gasteiger partial charge in [0.25, 0.3) is 0 Å². The molecule has 0 amide bonds. The second kappa shape index (κ2) is 4.94. The van der Waals surface area contributed by atoms with Gasteiger partial charge in [0.15, 0.2) is 0 Å². The lowest BCUT2D eigenvalue weighted by molar-refractivity contribution is 0.0695. The second-order valence-electron chi connectivity index (χ2n) is 4.88. The third-order valence-electron chi connectivity index (χ3n) is 3.80. The Morgan fingerprint density at radius 2 is 2.05 bits per heavy atom. The van der Waals surface area contributed by atoms with Gasteiger partial charge >= 0.3 is 5.97 Å². The summed E-state index contributed by atoms with van der Waals surface area (Å²) in [7, 11) is 0. The molecule has 4 nitrogen and oxygen atoms in total. The molecule has 1 aliphatic rings. The smallest absolute Gasteiger partial charge is 0.336 e. The summed E-state index contributed by atoms with van der Waals surface area (Å²) in [5.74, 6) is -1.76. The molecule has 1 aromatic rings. The fraction of sp³-hybridized carbons (Fsp3) is 0.429. The summed E-state index contributed by atoms with van der Waals surface area (Å²) in [4.78, 5) is 25.6. The fourth-order valence-corrected chi connectivity index (χ4v) is 2.68. The van der Waals surface area contributed by atoms with Gasteiger partial charge in [0, 0.05) is 0 Å². The molecule has 100 valence electrons. The van der Waals surface area contributed by atoms with Crippen LogP contribution in [-0.2, 0) is 10.3 Å². The van der Waals surface area contributed by atoms with Crippen molar-refractivity contribution in [3.8, 4) is 0 Å². The third kappa shape index (κ3) is 2.29. The van der Waals surface area contributed by atoms with E-state index in [2.05, 4.69) is 4.99 Å². The SMILES string of the molecule is Cc1c(F)cc(C2(N=C=O)CCCC2)cc1C(=O)O. The first-order valence-corrected chi connectivity index (χ1v) is 6.13. The Morgan fingerprint density at radius 3 is 2.58 bits per heavy atom. The van der Waals surface area contributed by atoms with Crippen LogP contribution in [-0.4, -0.2) is 17.2 Å². The van der Waals surface area contributed by atoms with Crippen molar-refractivity contribution in [2.45, 2.75) is 38.1 Å². The molecule has 1 fully saturated rings. The molecule has 1 N–H and O–H groups in total. The number of benzene rings is 1. The predicted octanol–water partition coefficient (Wildman–Crippen LogP) is 2.94. The number of aliphatic imine (C=N–C) groups is 1. The van der Waals surface area contributed by atoms with Gasteiger partial charge in [-0.25, -0.2) is 14.0 Å². The Balaban J connectivity index is 2.61. The average molecular weight is 263 g/mol. The zero-order valence-electron chi connectivity index (χ0n) is 10.6. The van der Waals surface area contributed by atoms with E-state index in [1.165, 1.54) is 25.1 Å². The minimum absolute atomic E-state index is 0.0811. The van der Waals surface area contributed by atoms with E-state index in [0.29, 0.717) is 18.4 Å². The maximum absolute atomic E-state index is 13.9. The topological polar surface area (TPSA) is 66.7 Å². The van der Waals surface area contributed by atoms with Crippen molar-refractivity contribution in [2.75, 3.05) is 0 Å². The summed E-state index contributed by atoms with van der Waals surface area (Å²) in [5, 5.41) is 9.10. The standard InChI is InChI=1S/C14H14FNO3/c1-9-11(13(18)19)6-10(7-12(9)15)14(16-8-17)4-2-3-5-14/h6-7H,2-5H2,1H3,(H,18,19). The highest BCUT2D eigenvalue weighted by atomic mass is 19.1. The van der Waals surface area contributed by atoms with E-state index in [-0.39, 0.29) is 11.1 Å². The van der Waals surface area contributed by atoms with Crippen molar-refractivity contribution in [3.05, 3.63) is 34.6 Å². The van der Waals surface area contributed by atoms with Gasteiger partial charge in [0.05, 0.1) is 11.1 Å². The van der Waals surface area contributed by atoms with E-state index in [1.54, 1.807) is 0 Å². The molecule has 0 aromatic heterocycles. The van der Waals surface area contributed by atoms with E-state index >= 15 is 0 Å². The number of aromatic carboxylic acids is 1. The van der Waals surface area contributed by atoms with Gasteiger partial charge in [0.2, 0.25) is 6.08 Å². The van der Waals surface area contributed by atoms with E-state index < -0.39 is 17.3 Å². The van der Waals surface area contributed by atoms with Crippen molar-refractivity contribution < 1.29 is 19.1 Å². The van der Waals surface area contributed by atoms with Crippen molar-refractivity contribution >= 4 is 12.0 Å². The van der Waals surface area contributed by atoms with Crippen LogP contribution < -0.4 is 0 Å². The molecule has 1 aliphatic carbocycles. The van der Waals surface area contributed by atoms with Crippen LogP contribution in [0.4, 0.5) is 4.39 Å². The third-order valence-corrected chi connectivity index (χ3v) is 3.80. The second-order valence-corrected chi connectivity index (χ2v) is 4.88. The Bertz CT molecular complexity index is 570. The Hall–Kier alpha value is -2.00. The number of rotatable bonds is 3. The van der Waals surface area contributed by atoms with Crippen LogP contribution >= 0.6 is 0 Å². The number of carbonyl (C=O) groups excluding carboxylic acids is 1. The first-order valence-electron chi connectivity index (χ1n) is 6.13. The van der Waals surface area contributed by atoms with Crippen LogP contribution in [0.5, 0.6) is 0 Å². The highest BCUT2D eigenvalue weighted by Crippen LogP contribution is 2.42. The Kier molecular flexibility index (Phi) is 3.49. The molecule has 19 heavy (non-hydrogen) atoms. The monoisotopic (exact) mass is 263 g/mol. The largest absolute Gasteiger partial charge is 0.478 e. The molecular formula is C14H14FNO3. The molecule has 5 heteroatoms. The van der Waals surface area contributed by atoms with E-state index in [0.717, 1.165) is 12.8 Å². The van der Waals surface area contributed by atoms with Crippen molar-refractivity contribution in [2.24, 2.45) is 4.99 Å². The van der Waals surface area contributed by atoms with Gasteiger partial charge in [-0.3, -0.25) is 0 Å². The maximum atomic E-state index is 13.9. The molecule has 0 aliphatic heterocycles. The minimum atomic E-state index is -1.18. The molecule has 0 saturated heterocycles.